The van der Waals surface area contributed by atoms with E-state index < -0.39 is 11.0 Å². The number of aliphatic hydroxyl groups excluding tert-OH is 1. The SMILES string of the molecule is CC/C=C(/CCC(O)CNSc1ccc([N+](=O)[O-])cc1)NCCc1cccc(C)c1.Cc1ccccc1. The lowest BCUT2D eigenvalue weighted by atomic mass is 10.1. The average Bonchev–Trinajstić information content (AvgIpc) is 2.88. The van der Waals surface area contributed by atoms with Crippen molar-refractivity contribution in [1.29, 1.82) is 0 Å². The van der Waals surface area contributed by atoms with E-state index in [2.05, 4.69) is 73.3 Å². The number of aliphatic hydroxyl groups is 1. The van der Waals surface area contributed by atoms with E-state index in [0.29, 0.717) is 13.0 Å². The molecule has 3 N–H and O–H groups in total. The summed E-state index contributed by atoms with van der Waals surface area (Å²) in [5.74, 6) is 0. The lowest BCUT2D eigenvalue weighted by Gasteiger charge is -2.15. The maximum absolute atomic E-state index is 10.7. The van der Waals surface area contributed by atoms with Gasteiger partial charge in [-0.15, -0.1) is 0 Å². The van der Waals surface area contributed by atoms with Crippen molar-refractivity contribution in [2.45, 2.75) is 57.5 Å². The van der Waals surface area contributed by atoms with Crippen molar-refractivity contribution in [1.82, 2.24) is 10.0 Å². The first-order valence-electron chi connectivity index (χ1n) is 12.7. The van der Waals surface area contributed by atoms with E-state index >= 15 is 0 Å². The number of benzene rings is 3. The molecular formula is C30H39N3O3S. The molecule has 3 aromatic rings. The van der Waals surface area contributed by atoms with Crippen molar-refractivity contribution >= 4 is 17.6 Å². The van der Waals surface area contributed by atoms with Gasteiger partial charge in [0, 0.05) is 35.8 Å². The smallest absolute Gasteiger partial charge is 0.269 e. The van der Waals surface area contributed by atoms with Crippen LogP contribution in [0, 0.1) is 24.0 Å². The van der Waals surface area contributed by atoms with E-state index in [1.807, 2.05) is 18.2 Å². The van der Waals surface area contributed by atoms with Crippen LogP contribution in [0.1, 0.15) is 42.9 Å². The van der Waals surface area contributed by atoms with Gasteiger partial charge in [-0.2, -0.15) is 0 Å². The van der Waals surface area contributed by atoms with Crippen LogP contribution in [-0.4, -0.2) is 29.2 Å². The van der Waals surface area contributed by atoms with Crippen LogP contribution in [0.3, 0.4) is 0 Å². The fraction of sp³-hybridized carbons (Fsp3) is 0.333. The van der Waals surface area contributed by atoms with E-state index in [4.69, 9.17) is 0 Å². The van der Waals surface area contributed by atoms with Gasteiger partial charge in [0.2, 0.25) is 0 Å². The van der Waals surface area contributed by atoms with Crippen LogP contribution in [0.15, 0.2) is 95.5 Å². The molecule has 0 aliphatic carbocycles. The Balaban J connectivity index is 0.000000591. The van der Waals surface area contributed by atoms with Crippen LogP contribution in [-0.2, 0) is 6.42 Å². The van der Waals surface area contributed by atoms with Crippen molar-refractivity contribution in [3.05, 3.63) is 117 Å². The molecule has 0 spiro atoms. The lowest BCUT2D eigenvalue weighted by molar-refractivity contribution is -0.384. The summed E-state index contributed by atoms with van der Waals surface area (Å²) in [6.45, 7) is 7.62. The largest absolute Gasteiger partial charge is 0.392 e. The second kappa shape index (κ2) is 17.3. The maximum atomic E-state index is 10.7. The van der Waals surface area contributed by atoms with E-state index in [0.717, 1.165) is 30.7 Å². The molecule has 0 saturated carbocycles. The molecule has 0 bridgehead atoms. The Bertz CT molecular complexity index is 1090. The summed E-state index contributed by atoms with van der Waals surface area (Å²) >= 11 is 1.36. The quantitative estimate of drug-likeness (QED) is 0.131. The zero-order valence-corrected chi connectivity index (χ0v) is 22.8. The molecule has 0 aliphatic rings. The van der Waals surface area contributed by atoms with Gasteiger partial charge < -0.3 is 10.4 Å². The highest BCUT2D eigenvalue weighted by Crippen LogP contribution is 2.19. The van der Waals surface area contributed by atoms with Crippen LogP contribution in [0.25, 0.3) is 0 Å². The average molecular weight is 522 g/mol. The summed E-state index contributed by atoms with van der Waals surface area (Å²) in [6.07, 6.45) is 5.11. The molecule has 0 aromatic heterocycles. The maximum Gasteiger partial charge on any atom is 0.269 e. The third kappa shape index (κ3) is 13.1. The highest BCUT2D eigenvalue weighted by molar-refractivity contribution is 7.97. The second-order valence-corrected chi connectivity index (χ2v) is 9.82. The van der Waals surface area contributed by atoms with Gasteiger partial charge in [0.15, 0.2) is 0 Å². The third-order valence-electron chi connectivity index (χ3n) is 5.54. The molecule has 198 valence electrons. The number of nitro benzene ring substituents is 1. The Morgan fingerprint density at radius 3 is 2.32 bits per heavy atom. The van der Waals surface area contributed by atoms with Gasteiger partial charge in [0.05, 0.1) is 11.0 Å². The Morgan fingerprint density at radius 2 is 1.73 bits per heavy atom. The standard InChI is InChI=1S/C23H31N3O3S.C7H8/c1-3-5-20(24-15-14-19-7-4-6-18(2)16-19)8-11-22(27)17-25-30-23-12-9-21(10-13-23)26(28)29;1-7-5-3-2-4-6-7/h4-7,9-10,12-13,16,22,24-25,27H,3,8,11,14-15,17H2,1-2H3;2-6H,1H3/b20-5-;. The molecule has 1 unspecified atom stereocenters. The van der Waals surface area contributed by atoms with Crippen molar-refractivity contribution in [3.8, 4) is 0 Å². The summed E-state index contributed by atoms with van der Waals surface area (Å²) < 4.78 is 3.13. The van der Waals surface area contributed by atoms with Gasteiger partial charge in [-0.1, -0.05) is 78.7 Å². The molecule has 3 rings (SSSR count). The molecule has 0 fully saturated rings. The minimum Gasteiger partial charge on any atom is -0.392 e. The molecule has 0 aliphatic heterocycles. The molecule has 0 saturated heterocycles. The highest BCUT2D eigenvalue weighted by atomic mass is 32.2. The van der Waals surface area contributed by atoms with Crippen LogP contribution >= 0.6 is 11.9 Å². The Hall–Kier alpha value is -3.13. The number of hydrogen-bond acceptors (Lipinski definition) is 6. The topological polar surface area (TPSA) is 87.4 Å². The predicted molar refractivity (Wildman–Crippen MR) is 155 cm³/mol. The minimum absolute atomic E-state index is 0.0736. The number of allylic oxidation sites excluding steroid dienone is 2. The summed E-state index contributed by atoms with van der Waals surface area (Å²) in [4.78, 5) is 11.1. The molecule has 0 heterocycles. The molecule has 7 heteroatoms. The summed E-state index contributed by atoms with van der Waals surface area (Å²) in [5, 5.41) is 24.5. The van der Waals surface area contributed by atoms with Crippen molar-refractivity contribution in [2.24, 2.45) is 0 Å². The molecule has 0 amide bonds. The van der Waals surface area contributed by atoms with Crippen LogP contribution in [0.4, 0.5) is 5.69 Å². The van der Waals surface area contributed by atoms with E-state index in [1.54, 1.807) is 12.1 Å². The van der Waals surface area contributed by atoms with Crippen molar-refractivity contribution < 1.29 is 10.0 Å². The third-order valence-corrected chi connectivity index (χ3v) is 6.36. The first-order chi connectivity index (χ1) is 17.9. The molecule has 37 heavy (non-hydrogen) atoms. The molecule has 6 nitrogen and oxygen atoms in total. The Labute approximate surface area is 225 Å². The molecule has 0 radical (unpaired) electrons. The number of aryl methyl sites for hydroxylation is 2. The number of nitrogens with one attached hydrogen (secondary N) is 2. The Kier molecular flexibility index (Phi) is 14.1. The zero-order chi connectivity index (χ0) is 26.9. The fourth-order valence-electron chi connectivity index (χ4n) is 3.56. The molecule has 1 atom stereocenters. The summed E-state index contributed by atoms with van der Waals surface area (Å²) in [6, 6.07) is 25.2. The van der Waals surface area contributed by atoms with Crippen molar-refractivity contribution in [3.63, 3.8) is 0 Å². The van der Waals surface area contributed by atoms with Gasteiger partial charge >= 0.3 is 0 Å². The molecule has 3 aromatic carbocycles. The number of non-ortho nitro benzene ring substituents is 1. The van der Waals surface area contributed by atoms with Crippen LogP contribution in [0.5, 0.6) is 0 Å². The normalized spacial score (nSPS) is 11.8. The first-order valence-corrected chi connectivity index (χ1v) is 13.5. The Morgan fingerprint density at radius 1 is 1.03 bits per heavy atom. The number of hydrogen-bond donors (Lipinski definition) is 3. The van der Waals surface area contributed by atoms with E-state index in [1.165, 1.54) is 46.5 Å². The van der Waals surface area contributed by atoms with E-state index in [9.17, 15) is 15.2 Å². The van der Waals surface area contributed by atoms with Gasteiger partial charge in [-0.05, 0) is 69.2 Å². The van der Waals surface area contributed by atoms with Gasteiger partial charge in [0.1, 0.15) is 0 Å². The van der Waals surface area contributed by atoms with E-state index in [-0.39, 0.29) is 5.69 Å². The highest BCUT2D eigenvalue weighted by Gasteiger charge is 2.08. The van der Waals surface area contributed by atoms with Crippen LogP contribution in [0.2, 0.25) is 0 Å². The minimum atomic E-state index is -0.464. The lowest BCUT2D eigenvalue weighted by Crippen LogP contribution is -2.24. The summed E-state index contributed by atoms with van der Waals surface area (Å²) in [5.41, 5.74) is 5.17. The number of nitro groups is 1. The number of rotatable bonds is 13. The van der Waals surface area contributed by atoms with Crippen molar-refractivity contribution in [2.75, 3.05) is 13.1 Å². The number of nitrogens with zero attached hydrogens (tertiary/aromatic N) is 1. The molecular weight excluding hydrogens is 482 g/mol. The van der Waals surface area contributed by atoms with Gasteiger partial charge in [0.25, 0.3) is 5.69 Å². The van der Waals surface area contributed by atoms with Crippen LogP contribution < -0.4 is 10.0 Å². The first kappa shape index (κ1) is 30.1. The fourth-order valence-corrected chi connectivity index (χ4v) is 4.27. The second-order valence-electron chi connectivity index (χ2n) is 8.85. The van der Waals surface area contributed by atoms with Gasteiger partial charge in [-0.3, -0.25) is 14.8 Å². The monoisotopic (exact) mass is 521 g/mol. The van der Waals surface area contributed by atoms with Gasteiger partial charge in [-0.25, -0.2) is 0 Å². The zero-order valence-electron chi connectivity index (χ0n) is 22.0. The summed E-state index contributed by atoms with van der Waals surface area (Å²) in [7, 11) is 0. The predicted octanol–water partition coefficient (Wildman–Crippen LogP) is 6.76.